The lowest BCUT2D eigenvalue weighted by atomic mass is 10.1. The third-order valence-electron chi connectivity index (χ3n) is 3.59. The third-order valence-corrected chi connectivity index (χ3v) is 3.84. The van der Waals surface area contributed by atoms with Gasteiger partial charge in [0.25, 0.3) is 0 Å². The monoisotopic (exact) mass is 326 g/mol. The zero-order valence-electron chi connectivity index (χ0n) is 12.3. The number of phenolic OH excluding ortho intramolecular Hbond substituents is 1. The third kappa shape index (κ3) is 3.82. The van der Waals surface area contributed by atoms with E-state index in [0.717, 1.165) is 11.1 Å². The van der Waals surface area contributed by atoms with Crippen LogP contribution < -0.4 is 0 Å². The number of phenols is 1. The molecular formula is C19H15ClO3. The first-order valence-electron chi connectivity index (χ1n) is 7.29. The average molecular weight is 327 g/mol. The van der Waals surface area contributed by atoms with Crippen LogP contribution in [-0.2, 0) is 6.42 Å². The Balaban J connectivity index is 1.66. The zero-order chi connectivity index (χ0) is 16.2. The molecule has 1 N–H and O–H groups in total. The topological polar surface area (TPSA) is 50.4 Å². The van der Waals surface area contributed by atoms with Crippen LogP contribution >= 0.6 is 11.6 Å². The van der Waals surface area contributed by atoms with Crippen LogP contribution in [0.15, 0.2) is 65.1 Å². The molecule has 116 valence electrons. The van der Waals surface area contributed by atoms with E-state index in [0.29, 0.717) is 29.4 Å². The molecule has 4 heteroatoms. The molecule has 1 aromatic heterocycles. The molecule has 0 aliphatic heterocycles. The minimum atomic E-state index is -0.0371. The van der Waals surface area contributed by atoms with Crippen molar-refractivity contribution in [1.29, 1.82) is 0 Å². The van der Waals surface area contributed by atoms with Gasteiger partial charge < -0.3 is 9.52 Å². The molecule has 0 saturated heterocycles. The van der Waals surface area contributed by atoms with Gasteiger partial charge in [0.05, 0.1) is 0 Å². The average Bonchev–Trinajstić information content (AvgIpc) is 3.05. The van der Waals surface area contributed by atoms with Crippen molar-refractivity contribution in [3.8, 4) is 17.1 Å². The second-order valence-corrected chi connectivity index (χ2v) is 5.70. The summed E-state index contributed by atoms with van der Waals surface area (Å²) >= 11 is 5.84. The maximum Gasteiger partial charge on any atom is 0.198 e. The molecule has 0 unspecified atom stereocenters. The highest BCUT2D eigenvalue weighted by Crippen LogP contribution is 2.25. The fourth-order valence-corrected chi connectivity index (χ4v) is 2.43. The van der Waals surface area contributed by atoms with Crippen molar-refractivity contribution in [1.82, 2.24) is 0 Å². The second kappa shape index (κ2) is 6.71. The number of ketones is 1. The highest BCUT2D eigenvalue weighted by molar-refractivity contribution is 6.30. The van der Waals surface area contributed by atoms with Crippen molar-refractivity contribution in [2.75, 3.05) is 0 Å². The van der Waals surface area contributed by atoms with Gasteiger partial charge in [-0.2, -0.15) is 0 Å². The van der Waals surface area contributed by atoms with Gasteiger partial charge in [-0.3, -0.25) is 4.79 Å². The van der Waals surface area contributed by atoms with Crippen LogP contribution in [0.25, 0.3) is 11.3 Å². The Morgan fingerprint density at radius 3 is 2.35 bits per heavy atom. The van der Waals surface area contributed by atoms with Gasteiger partial charge in [0.1, 0.15) is 11.5 Å². The van der Waals surface area contributed by atoms with Gasteiger partial charge >= 0.3 is 0 Å². The molecule has 3 rings (SSSR count). The van der Waals surface area contributed by atoms with E-state index in [2.05, 4.69) is 0 Å². The van der Waals surface area contributed by atoms with Gasteiger partial charge in [0, 0.05) is 17.0 Å². The highest BCUT2D eigenvalue weighted by atomic mass is 35.5. The molecular weight excluding hydrogens is 312 g/mol. The lowest BCUT2D eigenvalue weighted by Gasteiger charge is -2.01. The van der Waals surface area contributed by atoms with E-state index < -0.39 is 0 Å². The Bertz CT molecular complexity index is 801. The number of furan rings is 1. The summed E-state index contributed by atoms with van der Waals surface area (Å²) in [4.78, 5) is 12.2. The molecule has 0 spiro atoms. The molecule has 3 nitrogen and oxygen atoms in total. The molecule has 0 aliphatic carbocycles. The van der Waals surface area contributed by atoms with Gasteiger partial charge in [-0.25, -0.2) is 0 Å². The smallest absolute Gasteiger partial charge is 0.198 e. The van der Waals surface area contributed by atoms with Gasteiger partial charge in [0.2, 0.25) is 0 Å². The maximum absolute atomic E-state index is 12.2. The fraction of sp³-hybridized carbons (Fsp3) is 0.105. The SMILES string of the molecule is O=C(CCc1ccc(Cl)cc1)c1ccc(-c2ccc(O)cc2)o1. The van der Waals surface area contributed by atoms with Crippen molar-refractivity contribution in [3.63, 3.8) is 0 Å². The van der Waals surface area contributed by atoms with E-state index >= 15 is 0 Å². The highest BCUT2D eigenvalue weighted by Gasteiger charge is 2.12. The number of Topliss-reactive ketones (excluding diaryl/α,β-unsaturated/α-hetero) is 1. The van der Waals surface area contributed by atoms with Gasteiger partial charge in [-0.15, -0.1) is 0 Å². The van der Waals surface area contributed by atoms with Gasteiger partial charge in [-0.1, -0.05) is 23.7 Å². The second-order valence-electron chi connectivity index (χ2n) is 5.26. The Labute approximate surface area is 139 Å². The first-order chi connectivity index (χ1) is 11.1. The summed E-state index contributed by atoms with van der Waals surface area (Å²) in [5, 5.41) is 9.98. The molecule has 23 heavy (non-hydrogen) atoms. The Morgan fingerprint density at radius 1 is 0.957 bits per heavy atom. The van der Waals surface area contributed by atoms with Crippen molar-refractivity contribution in [2.24, 2.45) is 0 Å². The maximum atomic E-state index is 12.2. The van der Waals surface area contributed by atoms with Crippen LogP contribution in [0, 0.1) is 0 Å². The normalized spacial score (nSPS) is 10.7. The summed E-state index contributed by atoms with van der Waals surface area (Å²) in [6.45, 7) is 0. The number of benzene rings is 2. The van der Waals surface area contributed by atoms with Crippen molar-refractivity contribution < 1.29 is 14.3 Å². The number of halogens is 1. The van der Waals surface area contributed by atoms with Gasteiger partial charge in [0.15, 0.2) is 11.5 Å². The molecule has 3 aromatic rings. The van der Waals surface area contributed by atoms with E-state index in [1.807, 2.05) is 24.3 Å². The Kier molecular flexibility index (Phi) is 4.49. The number of hydrogen-bond acceptors (Lipinski definition) is 3. The lowest BCUT2D eigenvalue weighted by molar-refractivity contribution is 0.0957. The summed E-state index contributed by atoms with van der Waals surface area (Å²) in [6, 6.07) is 17.6. The van der Waals surface area contributed by atoms with E-state index in [1.165, 1.54) is 0 Å². The van der Waals surface area contributed by atoms with Crippen LogP contribution in [0.4, 0.5) is 0 Å². The van der Waals surface area contributed by atoms with Crippen LogP contribution in [-0.4, -0.2) is 10.9 Å². The first-order valence-corrected chi connectivity index (χ1v) is 7.66. The molecule has 2 aromatic carbocycles. The standard InChI is InChI=1S/C19H15ClO3/c20-15-6-1-13(2-7-15)3-10-17(22)19-12-11-18(23-19)14-4-8-16(21)9-5-14/h1-2,4-9,11-12,21H,3,10H2. The number of aromatic hydroxyl groups is 1. The molecule has 1 heterocycles. The molecule has 0 saturated carbocycles. The lowest BCUT2D eigenvalue weighted by Crippen LogP contribution is -1.99. The summed E-state index contributed by atoms with van der Waals surface area (Å²) in [6.07, 6.45) is 1.02. The Hall–Kier alpha value is -2.52. The van der Waals surface area contributed by atoms with Crippen LogP contribution in [0.3, 0.4) is 0 Å². The molecule has 0 fully saturated rings. The van der Waals surface area contributed by atoms with E-state index in [9.17, 15) is 9.90 Å². The summed E-state index contributed by atoms with van der Waals surface area (Å²) < 4.78 is 5.63. The van der Waals surface area contributed by atoms with E-state index in [1.54, 1.807) is 36.4 Å². The predicted octanol–water partition coefficient (Wildman–Crippen LogP) is 5.12. The fourth-order valence-electron chi connectivity index (χ4n) is 2.30. The van der Waals surface area contributed by atoms with E-state index in [4.69, 9.17) is 16.0 Å². The largest absolute Gasteiger partial charge is 0.508 e. The molecule has 0 atom stereocenters. The Morgan fingerprint density at radius 2 is 1.65 bits per heavy atom. The zero-order valence-corrected chi connectivity index (χ0v) is 13.1. The first kappa shape index (κ1) is 15.4. The summed E-state index contributed by atoms with van der Waals surface area (Å²) in [5.41, 5.74) is 1.88. The molecule has 0 radical (unpaired) electrons. The molecule has 0 aliphatic rings. The van der Waals surface area contributed by atoms with Crippen LogP contribution in [0.2, 0.25) is 5.02 Å². The predicted molar refractivity (Wildman–Crippen MR) is 89.9 cm³/mol. The van der Waals surface area contributed by atoms with Gasteiger partial charge in [-0.05, 0) is 60.5 Å². The molecule has 0 bridgehead atoms. The number of hydrogen-bond donors (Lipinski definition) is 1. The quantitative estimate of drug-likeness (QED) is 0.662. The van der Waals surface area contributed by atoms with Crippen LogP contribution in [0.1, 0.15) is 22.5 Å². The van der Waals surface area contributed by atoms with Crippen LogP contribution in [0.5, 0.6) is 5.75 Å². The van der Waals surface area contributed by atoms with Crippen molar-refractivity contribution in [3.05, 3.63) is 77.0 Å². The minimum absolute atomic E-state index is 0.0371. The summed E-state index contributed by atoms with van der Waals surface area (Å²) in [7, 11) is 0. The van der Waals surface area contributed by atoms with Crippen molar-refractivity contribution in [2.45, 2.75) is 12.8 Å². The molecule has 0 amide bonds. The minimum Gasteiger partial charge on any atom is -0.508 e. The number of aryl methyl sites for hydroxylation is 1. The summed E-state index contributed by atoms with van der Waals surface area (Å²) in [5.74, 6) is 1.12. The number of carbonyl (C=O) groups is 1. The number of rotatable bonds is 5. The van der Waals surface area contributed by atoms with E-state index in [-0.39, 0.29) is 11.5 Å². The number of carbonyl (C=O) groups excluding carboxylic acids is 1. The van der Waals surface area contributed by atoms with Crippen molar-refractivity contribution >= 4 is 17.4 Å².